The maximum atomic E-state index is 12.8. The molecule has 1 amide bonds. The zero-order chi connectivity index (χ0) is 16.9. The Bertz CT molecular complexity index is 798. The monoisotopic (exact) mass is 340 g/mol. The quantitative estimate of drug-likeness (QED) is 0.902. The third kappa shape index (κ3) is 2.33. The zero-order valence-electron chi connectivity index (χ0n) is 13.7. The van der Waals surface area contributed by atoms with Crippen LogP contribution in [0.15, 0.2) is 35.8 Å². The summed E-state index contributed by atoms with van der Waals surface area (Å²) >= 11 is 1.63. The van der Waals surface area contributed by atoms with Crippen LogP contribution in [0, 0.1) is 17.2 Å². The molecular formula is C18H20N4OS. The Morgan fingerprint density at radius 2 is 2.21 bits per heavy atom. The summed E-state index contributed by atoms with van der Waals surface area (Å²) in [5, 5.41) is 13.5. The van der Waals surface area contributed by atoms with Crippen molar-refractivity contribution in [2.75, 3.05) is 7.05 Å². The van der Waals surface area contributed by atoms with E-state index >= 15 is 0 Å². The summed E-state index contributed by atoms with van der Waals surface area (Å²) in [6.45, 7) is 2.06. The summed E-state index contributed by atoms with van der Waals surface area (Å²) < 4.78 is 0. The SMILES string of the molecule is CN1C(=N)N[C@](C)(c2cc(-c3ccccn3)cs2)[C@H](C2CC2)C1=O. The average molecular weight is 340 g/mol. The van der Waals surface area contributed by atoms with Gasteiger partial charge in [0.25, 0.3) is 0 Å². The highest BCUT2D eigenvalue weighted by Gasteiger charge is 2.54. The summed E-state index contributed by atoms with van der Waals surface area (Å²) in [4.78, 5) is 19.8. The molecule has 0 bridgehead atoms. The molecule has 0 radical (unpaired) electrons. The molecule has 1 aliphatic heterocycles. The molecule has 3 heterocycles. The minimum atomic E-state index is -0.528. The van der Waals surface area contributed by atoms with E-state index in [9.17, 15) is 4.79 Å². The van der Waals surface area contributed by atoms with E-state index in [2.05, 4.69) is 28.7 Å². The minimum Gasteiger partial charge on any atom is -0.345 e. The second-order valence-corrected chi connectivity index (χ2v) is 7.71. The van der Waals surface area contributed by atoms with E-state index < -0.39 is 5.54 Å². The number of nitrogens with zero attached hydrogens (tertiary/aromatic N) is 2. The number of nitrogens with one attached hydrogen (secondary N) is 2. The predicted molar refractivity (Wildman–Crippen MR) is 94.7 cm³/mol. The lowest BCUT2D eigenvalue weighted by Crippen LogP contribution is -2.64. The molecule has 1 saturated carbocycles. The van der Waals surface area contributed by atoms with Crippen LogP contribution in [0.2, 0.25) is 0 Å². The number of rotatable bonds is 3. The van der Waals surface area contributed by atoms with Gasteiger partial charge >= 0.3 is 0 Å². The lowest BCUT2D eigenvalue weighted by atomic mass is 9.78. The second kappa shape index (κ2) is 5.41. The maximum absolute atomic E-state index is 12.8. The van der Waals surface area contributed by atoms with Crippen LogP contribution >= 0.6 is 11.3 Å². The minimum absolute atomic E-state index is 0.0523. The Balaban J connectivity index is 1.74. The van der Waals surface area contributed by atoms with Gasteiger partial charge in [-0.2, -0.15) is 0 Å². The number of hydrogen-bond acceptors (Lipinski definition) is 4. The number of guanidine groups is 1. The Morgan fingerprint density at radius 1 is 1.42 bits per heavy atom. The number of carbonyl (C=O) groups excluding carboxylic acids is 1. The van der Waals surface area contributed by atoms with Gasteiger partial charge in [0.2, 0.25) is 5.91 Å². The van der Waals surface area contributed by atoms with Crippen LogP contribution in [-0.2, 0) is 10.3 Å². The van der Waals surface area contributed by atoms with Gasteiger partial charge in [-0.05, 0) is 43.9 Å². The van der Waals surface area contributed by atoms with Crippen molar-refractivity contribution in [1.29, 1.82) is 5.41 Å². The third-order valence-corrected chi connectivity index (χ3v) is 6.27. The summed E-state index contributed by atoms with van der Waals surface area (Å²) in [5.41, 5.74) is 1.46. The fraction of sp³-hybridized carbons (Fsp3) is 0.389. The van der Waals surface area contributed by atoms with Crippen molar-refractivity contribution in [2.45, 2.75) is 25.3 Å². The summed E-state index contributed by atoms with van der Waals surface area (Å²) in [5.74, 6) is 0.515. The molecule has 124 valence electrons. The van der Waals surface area contributed by atoms with Crippen LogP contribution in [0.25, 0.3) is 11.3 Å². The van der Waals surface area contributed by atoms with Crippen molar-refractivity contribution in [3.05, 3.63) is 40.7 Å². The molecule has 5 nitrogen and oxygen atoms in total. The van der Waals surface area contributed by atoms with E-state index in [1.807, 2.05) is 18.2 Å². The first-order valence-corrected chi connectivity index (χ1v) is 9.03. The lowest BCUT2D eigenvalue weighted by molar-refractivity contribution is -0.136. The Hall–Kier alpha value is -2.21. The van der Waals surface area contributed by atoms with Gasteiger partial charge in [0, 0.05) is 29.1 Å². The van der Waals surface area contributed by atoms with E-state index in [0.717, 1.165) is 29.0 Å². The zero-order valence-corrected chi connectivity index (χ0v) is 14.6. The van der Waals surface area contributed by atoms with Gasteiger partial charge in [-0.3, -0.25) is 20.1 Å². The van der Waals surface area contributed by atoms with Crippen molar-refractivity contribution < 1.29 is 4.79 Å². The molecule has 2 atom stereocenters. The number of carbonyl (C=O) groups is 1. The van der Waals surface area contributed by atoms with Gasteiger partial charge < -0.3 is 5.32 Å². The normalized spacial score (nSPS) is 27.2. The first-order chi connectivity index (χ1) is 11.5. The van der Waals surface area contributed by atoms with Gasteiger partial charge in [-0.15, -0.1) is 11.3 Å². The van der Waals surface area contributed by atoms with Gasteiger partial charge in [-0.25, -0.2) is 0 Å². The first-order valence-electron chi connectivity index (χ1n) is 8.15. The summed E-state index contributed by atoms with van der Waals surface area (Å²) in [7, 11) is 1.68. The van der Waals surface area contributed by atoms with E-state index in [4.69, 9.17) is 5.41 Å². The van der Waals surface area contributed by atoms with Gasteiger partial charge in [0.1, 0.15) is 0 Å². The topological polar surface area (TPSA) is 69.1 Å². The van der Waals surface area contributed by atoms with Gasteiger partial charge in [-0.1, -0.05) is 6.07 Å². The fourth-order valence-corrected chi connectivity index (χ4v) is 4.63. The molecule has 4 rings (SSSR count). The van der Waals surface area contributed by atoms with Gasteiger partial charge in [0.15, 0.2) is 5.96 Å². The molecule has 2 aliphatic rings. The average Bonchev–Trinajstić information content (AvgIpc) is 3.27. The third-order valence-electron chi connectivity index (χ3n) is 5.10. The smallest absolute Gasteiger partial charge is 0.235 e. The highest BCUT2D eigenvalue weighted by atomic mass is 32.1. The number of aromatic nitrogens is 1. The van der Waals surface area contributed by atoms with Crippen molar-refractivity contribution in [3.63, 3.8) is 0 Å². The van der Waals surface area contributed by atoms with Crippen LogP contribution in [-0.4, -0.2) is 28.8 Å². The van der Waals surface area contributed by atoms with Crippen LogP contribution in [0.5, 0.6) is 0 Å². The Labute approximate surface area is 145 Å². The van der Waals surface area contributed by atoms with Gasteiger partial charge in [0.05, 0.1) is 17.2 Å². The predicted octanol–water partition coefficient (Wildman–Crippen LogP) is 3.05. The molecule has 0 spiro atoms. The van der Waals surface area contributed by atoms with Crippen molar-refractivity contribution in [3.8, 4) is 11.3 Å². The van der Waals surface area contributed by atoms with Crippen LogP contribution < -0.4 is 5.32 Å². The lowest BCUT2D eigenvalue weighted by Gasteiger charge is -2.45. The molecule has 2 aromatic heterocycles. The summed E-state index contributed by atoms with van der Waals surface area (Å²) in [6.07, 6.45) is 3.97. The summed E-state index contributed by atoms with van der Waals surface area (Å²) in [6, 6.07) is 7.98. The second-order valence-electron chi connectivity index (χ2n) is 6.80. The highest BCUT2D eigenvalue weighted by Crippen LogP contribution is 2.49. The molecule has 0 unspecified atom stereocenters. The van der Waals surface area contributed by atoms with Crippen LogP contribution in [0.3, 0.4) is 0 Å². The van der Waals surface area contributed by atoms with Crippen LogP contribution in [0.4, 0.5) is 0 Å². The number of amides is 1. The number of pyridine rings is 1. The van der Waals surface area contributed by atoms with Crippen molar-refractivity contribution in [1.82, 2.24) is 15.2 Å². The molecule has 6 heteroatoms. The molecule has 2 N–H and O–H groups in total. The van der Waals surface area contributed by atoms with E-state index in [1.165, 1.54) is 4.90 Å². The molecule has 1 aliphatic carbocycles. The standard InChI is InChI=1S/C18H20N4OS/c1-18(14-9-12(10-24-14)13-5-3-4-8-20-13)15(11-6-7-11)16(23)22(2)17(19)21-18/h3-5,8-11,15H,6-7H2,1-2H3,(H2,19,21)/t15-,18-/m1/s1. The molecule has 24 heavy (non-hydrogen) atoms. The Kier molecular flexibility index (Phi) is 3.46. The maximum Gasteiger partial charge on any atom is 0.235 e. The highest BCUT2D eigenvalue weighted by molar-refractivity contribution is 7.10. The molecular weight excluding hydrogens is 320 g/mol. The van der Waals surface area contributed by atoms with Crippen LogP contribution in [0.1, 0.15) is 24.6 Å². The van der Waals surface area contributed by atoms with E-state index in [0.29, 0.717) is 5.92 Å². The van der Waals surface area contributed by atoms with Crippen molar-refractivity contribution in [2.24, 2.45) is 11.8 Å². The van der Waals surface area contributed by atoms with Crippen molar-refractivity contribution >= 4 is 23.2 Å². The fourth-order valence-electron chi connectivity index (χ4n) is 3.57. The van der Waals surface area contributed by atoms with E-state index in [1.54, 1.807) is 24.6 Å². The van der Waals surface area contributed by atoms with E-state index in [-0.39, 0.29) is 17.8 Å². The molecule has 2 fully saturated rings. The number of hydrogen-bond donors (Lipinski definition) is 2. The number of thiophene rings is 1. The first kappa shape index (κ1) is 15.3. The largest absolute Gasteiger partial charge is 0.345 e. The molecule has 2 aromatic rings. The molecule has 1 saturated heterocycles. The Morgan fingerprint density at radius 3 is 2.88 bits per heavy atom. The molecule has 0 aromatic carbocycles.